The van der Waals surface area contributed by atoms with Crippen molar-refractivity contribution in [2.75, 3.05) is 0 Å². The molecule has 1 atom stereocenters. The van der Waals surface area contributed by atoms with Gasteiger partial charge in [0.2, 0.25) is 5.56 Å². The second-order valence-corrected chi connectivity index (χ2v) is 5.06. The van der Waals surface area contributed by atoms with E-state index in [2.05, 4.69) is 22.4 Å². The van der Waals surface area contributed by atoms with E-state index in [0.29, 0.717) is 5.56 Å². The van der Waals surface area contributed by atoms with Crippen molar-refractivity contribution in [1.82, 2.24) is 10.3 Å². The first kappa shape index (κ1) is 12.7. The molecule has 102 valence electrons. The summed E-state index contributed by atoms with van der Waals surface area (Å²) in [5.74, 6) is -0.150. The quantitative estimate of drug-likeness (QED) is 0.877. The maximum atomic E-state index is 12.2. The van der Waals surface area contributed by atoms with Crippen molar-refractivity contribution in [1.29, 1.82) is 0 Å². The highest BCUT2D eigenvalue weighted by atomic mass is 16.2. The molecule has 1 aliphatic rings. The number of nitrogens with one attached hydrogen (secondary N) is 2. The van der Waals surface area contributed by atoms with Gasteiger partial charge in [-0.3, -0.25) is 9.59 Å². The summed E-state index contributed by atoms with van der Waals surface area (Å²) in [5.41, 5.74) is 2.79. The van der Waals surface area contributed by atoms with Gasteiger partial charge in [0, 0.05) is 12.3 Å². The molecule has 0 aliphatic heterocycles. The van der Waals surface area contributed by atoms with Crippen LogP contribution < -0.4 is 10.9 Å². The van der Waals surface area contributed by atoms with Crippen LogP contribution in [0.1, 0.15) is 40.4 Å². The number of hydrogen-bond donors (Lipinski definition) is 2. The molecule has 4 nitrogen and oxygen atoms in total. The number of H-pyrrole nitrogens is 1. The zero-order chi connectivity index (χ0) is 13.9. The summed E-state index contributed by atoms with van der Waals surface area (Å²) in [6.45, 7) is 0. The third-order valence-electron chi connectivity index (χ3n) is 3.72. The monoisotopic (exact) mass is 268 g/mol. The largest absolute Gasteiger partial charge is 0.345 e. The van der Waals surface area contributed by atoms with Gasteiger partial charge in [-0.2, -0.15) is 0 Å². The number of carbonyl (C=O) groups is 1. The first-order valence-electron chi connectivity index (χ1n) is 6.81. The van der Waals surface area contributed by atoms with E-state index in [-0.39, 0.29) is 17.5 Å². The summed E-state index contributed by atoms with van der Waals surface area (Å²) in [7, 11) is 0. The standard InChI is InChI=1S/C16H16N2O2/c19-15-9-8-12(10-17-15)16(20)18-14-7-3-5-11-4-1-2-6-13(11)14/h1-2,4,6,8-10,14H,3,5,7H2,(H,17,19)(H,18,20)/t14-/m1/s1. The van der Waals surface area contributed by atoms with E-state index < -0.39 is 0 Å². The van der Waals surface area contributed by atoms with Gasteiger partial charge in [-0.15, -0.1) is 0 Å². The smallest absolute Gasteiger partial charge is 0.253 e. The van der Waals surface area contributed by atoms with Gasteiger partial charge in [0.15, 0.2) is 0 Å². The Balaban J connectivity index is 1.80. The van der Waals surface area contributed by atoms with Crippen LogP contribution in [-0.4, -0.2) is 10.9 Å². The molecule has 1 heterocycles. The zero-order valence-corrected chi connectivity index (χ0v) is 11.1. The van der Waals surface area contributed by atoms with Crippen molar-refractivity contribution >= 4 is 5.91 Å². The summed E-state index contributed by atoms with van der Waals surface area (Å²) in [4.78, 5) is 25.7. The number of carbonyl (C=O) groups excluding carboxylic acids is 1. The lowest BCUT2D eigenvalue weighted by molar-refractivity contribution is 0.0932. The second kappa shape index (κ2) is 5.33. The summed E-state index contributed by atoms with van der Waals surface area (Å²) in [6.07, 6.45) is 4.55. The van der Waals surface area contributed by atoms with Gasteiger partial charge in [-0.1, -0.05) is 24.3 Å². The number of rotatable bonds is 2. The Kier molecular flexibility index (Phi) is 3.37. The molecule has 3 rings (SSSR count). The van der Waals surface area contributed by atoms with Crippen LogP contribution in [0.15, 0.2) is 47.4 Å². The van der Waals surface area contributed by atoms with E-state index in [0.717, 1.165) is 19.3 Å². The highest BCUT2D eigenvalue weighted by molar-refractivity contribution is 5.94. The van der Waals surface area contributed by atoms with Crippen LogP contribution in [-0.2, 0) is 6.42 Å². The number of aromatic amines is 1. The normalized spacial score (nSPS) is 17.3. The Morgan fingerprint density at radius 1 is 1.20 bits per heavy atom. The van der Waals surface area contributed by atoms with Crippen molar-refractivity contribution < 1.29 is 4.79 Å². The first-order chi connectivity index (χ1) is 9.74. The molecule has 4 heteroatoms. The molecule has 1 amide bonds. The minimum absolute atomic E-state index is 0.0550. The first-order valence-corrected chi connectivity index (χ1v) is 6.81. The molecule has 20 heavy (non-hydrogen) atoms. The van der Waals surface area contributed by atoms with E-state index in [1.165, 1.54) is 23.4 Å². The van der Waals surface area contributed by atoms with Crippen LogP contribution in [0.5, 0.6) is 0 Å². The van der Waals surface area contributed by atoms with Crippen molar-refractivity contribution in [3.05, 3.63) is 69.6 Å². The fourth-order valence-electron chi connectivity index (χ4n) is 2.70. The summed E-state index contributed by atoms with van der Waals surface area (Å²) >= 11 is 0. The number of amides is 1. The number of aryl methyl sites for hydroxylation is 1. The van der Waals surface area contributed by atoms with Crippen LogP contribution in [0.3, 0.4) is 0 Å². The third-order valence-corrected chi connectivity index (χ3v) is 3.72. The Morgan fingerprint density at radius 3 is 2.85 bits per heavy atom. The maximum absolute atomic E-state index is 12.2. The van der Waals surface area contributed by atoms with E-state index >= 15 is 0 Å². The van der Waals surface area contributed by atoms with Crippen LogP contribution in [0.4, 0.5) is 0 Å². The van der Waals surface area contributed by atoms with E-state index in [9.17, 15) is 9.59 Å². The molecule has 0 bridgehead atoms. The molecule has 2 aromatic rings. The van der Waals surface area contributed by atoms with Gasteiger partial charge in [-0.05, 0) is 36.5 Å². The van der Waals surface area contributed by atoms with Crippen molar-refractivity contribution in [3.8, 4) is 0 Å². The number of fused-ring (bicyclic) bond motifs is 1. The Hall–Kier alpha value is -2.36. The topological polar surface area (TPSA) is 62.0 Å². The highest BCUT2D eigenvalue weighted by Gasteiger charge is 2.21. The molecule has 0 fully saturated rings. The molecule has 1 aromatic heterocycles. The lowest BCUT2D eigenvalue weighted by atomic mass is 9.87. The van der Waals surface area contributed by atoms with Crippen molar-refractivity contribution in [2.24, 2.45) is 0 Å². The molecule has 0 saturated heterocycles. The van der Waals surface area contributed by atoms with Crippen molar-refractivity contribution in [2.45, 2.75) is 25.3 Å². The maximum Gasteiger partial charge on any atom is 0.253 e. The van der Waals surface area contributed by atoms with E-state index in [1.807, 2.05) is 12.1 Å². The zero-order valence-electron chi connectivity index (χ0n) is 11.1. The lowest BCUT2D eigenvalue weighted by Crippen LogP contribution is -2.31. The van der Waals surface area contributed by atoms with Gasteiger partial charge in [0.25, 0.3) is 5.91 Å². The van der Waals surface area contributed by atoms with Crippen LogP contribution in [0.25, 0.3) is 0 Å². The van der Waals surface area contributed by atoms with Crippen molar-refractivity contribution in [3.63, 3.8) is 0 Å². The minimum atomic E-state index is -0.204. The molecule has 0 unspecified atom stereocenters. The predicted molar refractivity (Wildman–Crippen MR) is 76.6 cm³/mol. The average Bonchev–Trinajstić information content (AvgIpc) is 2.48. The van der Waals surface area contributed by atoms with E-state index in [1.54, 1.807) is 6.07 Å². The molecule has 2 N–H and O–H groups in total. The molecular formula is C16H16N2O2. The molecule has 1 aromatic carbocycles. The van der Waals surface area contributed by atoms with Gasteiger partial charge < -0.3 is 10.3 Å². The highest BCUT2D eigenvalue weighted by Crippen LogP contribution is 2.29. The van der Waals surface area contributed by atoms with Gasteiger partial charge in [-0.25, -0.2) is 0 Å². The predicted octanol–water partition coefficient (Wildman–Crippen LogP) is 2.18. The van der Waals surface area contributed by atoms with E-state index in [4.69, 9.17) is 0 Å². The molecular weight excluding hydrogens is 252 g/mol. The van der Waals surface area contributed by atoms with Gasteiger partial charge >= 0.3 is 0 Å². The number of hydrogen-bond acceptors (Lipinski definition) is 2. The molecule has 0 spiro atoms. The lowest BCUT2D eigenvalue weighted by Gasteiger charge is -2.26. The second-order valence-electron chi connectivity index (χ2n) is 5.06. The Morgan fingerprint density at radius 2 is 2.05 bits per heavy atom. The Bertz CT molecular complexity index is 670. The molecule has 0 saturated carbocycles. The third kappa shape index (κ3) is 2.50. The number of aromatic nitrogens is 1. The fourth-order valence-corrected chi connectivity index (χ4v) is 2.70. The summed E-state index contributed by atoms with van der Waals surface area (Å²) < 4.78 is 0. The van der Waals surface area contributed by atoms with Crippen LogP contribution in [0.2, 0.25) is 0 Å². The number of pyridine rings is 1. The molecule has 1 aliphatic carbocycles. The van der Waals surface area contributed by atoms with Crippen LogP contribution in [0, 0.1) is 0 Å². The Labute approximate surface area is 116 Å². The van der Waals surface area contributed by atoms with Crippen LogP contribution >= 0.6 is 0 Å². The van der Waals surface area contributed by atoms with Gasteiger partial charge in [0.1, 0.15) is 0 Å². The summed E-state index contributed by atoms with van der Waals surface area (Å²) in [5, 5.41) is 3.05. The summed E-state index contributed by atoms with van der Waals surface area (Å²) in [6, 6.07) is 11.2. The van der Waals surface area contributed by atoms with Gasteiger partial charge in [0.05, 0.1) is 11.6 Å². The number of benzene rings is 1. The fraction of sp³-hybridized carbons (Fsp3) is 0.250. The molecule has 0 radical (unpaired) electrons. The SMILES string of the molecule is O=C(N[C@@H]1CCCc2ccccc21)c1ccc(=O)[nH]c1. The minimum Gasteiger partial charge on any atom is -0.345 e. The average molecular weight is 268 g/mol.